The van der Waals surface area contributed by atoms with Crippen LogP contribution in [0.1, 0.15) is 13.8 Å². The van der Waals surface area contributed by atoms with Gasteiger partial charge in [-0.05, 0) is 30.2 Å². The van der Waals surface area contributed by atoms with Crippen LogP contribution < -0.4 is 14.2 Å². The predicted octanol–water partition coefficient (Wildman–Crippen LogP) is 4.09. The van der Waals surface area contributed by atoms with Crippen molar-refractivity contribution in [1.82, 2.24) is 0 Å². The maximum Gasteiger partial charge on any atom is 0.271 e. The third kappa shape index (κ3) is 5.24. The van der Waals surface area contributed by atoms with Gasteiger partial charge in [0.25, 0.3) is 15.7 Å². The summed E-state index contributed by atoms with van der Waals surface area (Å²) in [6.07, 6.45) is 0. The van der Waals surface area contributed by atoms with Gasteiger partial charge in [0.05, 0.1) is 29.4 Å². The second-order valence-electron chi connectivity index (χ2n) is 6.05. The Labute approximate surface area is 162 Å². The van der Waals surface area contributed by atoms with Gasteiger partial charge in [0.1, 0.15) is 16.4 Å². The van der Waals surface area contributed by atoms with Gasteiger partial charge in [-0.15, -0.1) is 0 Å². The van der Waals surface area contributed by atoms with Gasteiger partial charge < -0.3 is 9.47 Å². The highest BCUT2D eigenvalue weighted by atomic mass is 35.5. The summed E-state index contributed by atoms with van der Waals surface area (Å²) in [7, 11) is -2.87. The summed E-state index contributed by atoms with van der Waals surface area (Å²) in [5, 5.41) is 11.2. The van der Waals surface area contributed by atoms with Gasteiger partial charge in [-0.25, -0.2) is 8.42 Å². The lowest BCUT2D eigenvalue weighted by atomic mass is 10.2. The molecule has 0 aliphatic heterocycles. The molecule has 0 aromatic heterocycles. The summed E-state index contributed by atoms with van der Waals surface area (Å²) in [6, 6.07) is 7.76. The van der Waals surface area contributed by atoms with E-state index in [9.17, 15) is 18.5 Å². The Morgan fingerprint density at radius 2 is 1.85 bits per heavy atom. The SMILES string of the molecule is COc1ccc([N+](=O)[O-])cc1S(=O)(=O)Nc1ccc(OCC(C)C)c(Cl)c1. The van der Waals surface area contributed by atoms with E-state index < -0.39 is 14.9 Å². The molecule has 0 heterocycles. The maximum atomic E-state index is 12.7. The van der Waals surface area contributed by atoms with E-state index >= 15 is 0 Å². The van der Waals surface area contributed by atoms with Crippen molar-refractivity contribution >= 4 is 33.0 Å². The average molecular weight is 415 g/mol. The summed E-state index contributed by atoms with van der Waals surface area (Å²) in [4.78, 5) is 9.91. The molecule has 0 radical (unpaired) electrons. The van der Waals surface area contributed by atoms with Gasteiger partial charge in [-0.1, -0.05) is 25.4 Å². The number of nitro benzene ring substituents is 1. The molecule has 1 N–H and O–H groups in total. The Hall–Kier alpha value is -2.52. The Morgan fingerprint density at radius 1 is 1.19 bits per heavy atom. The number of sulfonamides is 1. The molecule has 0 spiro atoms. The lowest BCUT2D eigenvalue weighted by Crippen LogP contribution is -2.14. The number of nitrogens with zero attached hydrogens (tertiary/aromatic N) is 1. The molecule has 2 aromatic rings. The van der Waals surface area contributed by atoms with Crippen LogP contribution in [0.4, 0.5) is 11.4 Å². The molecule has 0 fully saturated rings. The zero-order valence-electron chi connectivity index (χ0n) is 14.9. The fourth-order valence-corrected chi connectivity index (χ4v) is 3.61. The number of rotatable bonds is 8. The Kier molecular flexibility index (Phi) is 6.50. The summed E-state index contributed by atoms with van der Waals surface area (Å²) in [6.45, 7) is 4.45. The maximum absolute atomic E-state index is 12.7. The molecule has 0 saturated heterocycles. The van der Waals surface area contributed by atoms with Crippen molar-refractivity contribution in [3.05, 3.63) is 51.5 Å². The fraction of sp³-hybridized carbons (Fsp3) is 0.294. The minimum atomic E-state index is -4.15. The van der Waals surface area contributed by atoms with Crippen LogP contribution in [-0.2, 0) is 10.0 Å². The lowest BCUT2D eigenvalue weighted by molar-refractivity contribution is -0.385. The van der Waals surface area contributed by atoms with Crippen molar-refractivity contribution in [2.45, 2.75) is 18.7 Å². The average Bonchev–Trinajstić information content (AvgIpc) is 2.59. The molecule has 8 nitrogen and oxygen atoms in total. The topological polar surface area (TPSA) is 108 Å². The molecule has 0 aliphatic carbocycles. The van der Waals surface area contributed by atoms with Crippen molar-refractivity contribution in [2.24, 2.45) is 5.92 Å². The van der Waals surface area contributed by atoms with Crippen molar-refractivity contribution in [3.63, 3.8) is 0 Å². The largest absolute Gasteiger partial charge is 0.495 e. The van der Waals surface area contributed by atoms with E-state index in [1.165, 1.54) is 25.3 Å². The molecule has 146 valence electrons. The van der Waals surface area contributed by atoms with E-state index in [-0.39, 0.29) is 27.0 Å². The molecule has 0 amide bonds. The van der Waals surface area contributed by atoms with Crippen LogP contribution in [0.3, 0.4) is 0 Å². The molecule has 0 saturated carbocycles. The quantitative estimate of drug-likeness (QED) is 0.514. The number of non-ortho nitro benzene ring substituents is 1. The third-order valence-electron chi connectivity index (χ3n) is 3.40. The molecule has 2 rings (SSSR count). The first-order chi connectivity index (χ1) is 12.6. The lowest BCUT2D eigenvalue weighted by Gasteiger charge is -2.14. The predicted molar refractivity (Wildman–Crippen MR) is 102 cm³/mol. The minimum Gasteiger partial charge on any atom is -0.495 e. The molecule has 0 bridgehead atoms. The van der Waals surface area contributed by atoms with E-state index in [2.05, 4.69) is 4.72 Å². The number of nitrogens with one attached hydrogen (secondary N) is 1. The summed E-state index contributed by atoms with van der Waals surface area (Å²) < 4.78 is 38.3. The first kappa shape index (κ1) is 20.8. The smallest absolute Gasteiger partial charge is 0.271 e. The summed E-state index contributed by atoms with van der Waals surface area (Å²) in [5.41, 5.74) is -0.183. The second-order valence-corrected chi connectivity index (χ2v) is 8.11. The van der Waals surface area contributed by atoms with Crippen LogP contribution >= 0.6 is 11.6 Å². The van der Waals surface area contributed by atoms with E-state index in [1.54, 1.807) is 6.07 Å². The highest BCUT2D eigenvalue weighted by Gasteiger charge is 2.23. The Balaban J connectivity index is 2.32. The van der Waals surface area contributed by atoms with Gasteiger partial charge in [0.2, 0.25) is 0 Å². The monoisotopic (exact) mass is 414 g/mol. The first-order valence-electron chi connectivity index (χ1n) is 7.91. The van der Waals surface area contributed by atoms with E-state index in [0.717, 1.165) is 12.1 Å². The molecular weight excluding hydrogens is 396 g/mol. The number of nitro groups is 1. The number of anilines is 1. The van der Waals surface area contributed by atoms with Crippen LogP contribution in [0.2, 0.25) is 5.02 Å². The van der Waals surface area contributed by atoms with Crippen molar-refractivity contribution in [2.75, 3.05) is 18.4 Å². The number of hydrogen-bond acceptors (Lipinski definition) is 6. The molecule has 2 aromatic carbocycles. The highest BCUT2D eigenvalue weighted by Crippen LogP contribution is 2.32. The van der Waals surface area contributed by atoms with Gasteiger partial charge >= 0.3 is 0 Å². The molecule has 10 heteroatoms. The number of ether oxygens (including phenoxy) is 2. The Bertz CT molecular complexity index is 946. The third-order valence-corrected chi connectivity index (χ3v) is 5.10. The van der Waals surface area contributed by atoms with E-state index in [1.807, 2.05) is 13.8 Å². The fourth-order valence-electron chi connectivity index (χ4n) is 2.14. The minimum absolute atomic E-state index is 0.0175. The van der Waals surface area contributed by atoms with Crippen molar-refractivity contribution < 1.29 is 22.8 Å². The van der Waals surface area contributed by atoms with Gasteiger partial charge in [0.15, 0.2) is 0 Å². The first-order valence-corrected chi connectivity index (χ1v) is 9.77. The van der Waals surface area contributed by atoms with Crippen LogP contribution in [-0.4, -0.2) is 27.1 Å². The zero-order chi connectivity index (χ0) is 20.2. The Morgan fingerprint density at radius 3 is 2.41 bits per heavy atom. The second kappa shape index (κ2) is 8.45. The van der Waals surface area contributed by atoms with Crippen molar-refractivity contribution in [1.29, 1.82) is 0 Å². The van der Waals surface area contributed by atoms with Crippen LogP contribution in [0.5, 0.6) is 11.5 Å². The molecule has 0 aliphatic rings. The zero-order valence-corrected chi connectivity index (χ0v) is 16.5. The highest BCUT2D eigenvalue weighted by molar-refractivity contribution is 7.92. The van der Waals surface area contributed by atoms with Crippen molar-refractivity contribution in [3.8, 4) is 11.5 Å². The van der Waals surface area contributed by atoms with Gasteiger partial charge in [-0.2, -0.15) is 0 Å². The van der Waals surface area contributed by atoms with Gasteiger partial charge in [-0.3, -0.25) is 14.8 Å². The summed E-state index contributed by atoms with van der Waals surface area (Å²) in [5.74, 6) is 0.720. The number of methoxy groups -OCH3 is 1. The van der Waals surface area contributed by atoms with E-state index in [0.29, 0.717) is 18.3 Å². The number of benzene rings is 2. The standard InChI is InChI=1S/C17H19ClN2O6S/c1-11(2)10-26-15-6-4-12(8-14(15)18)19-27(23,24)17-9-13(20(21)22)5-7-16(17)25-3/h4-9,11,19H,10H2,1-3H3. The van der Waals surface area contributed by atoms with Crippen LogP contribution in [0, 0.1) is 16.0 Å². The van der Waals surface area contributed by atoms with Crippen LogP contribution in [0.15, 0.2) is 41.3 Å². The molecule has 0 unspecified atom stereocenters. The summed E-state index contributed by atoms with van der Waals surface area (Å²) >= 11 is 6.14. The van der Waals surface area contributed by atoms with E-state index in [4.69, 9.17) is 21.1 Å². The van der Waals surface area contributed by atoms with Crippen LogP contribution in [0.25, 0.3) is 0 Å². The van der Waals surface area contributed by atoms with Gasteiger partial charge in [0, 0.05) is 12.1 Å². The number of hydrogen-bond donors (Lipinski definition) is 1. The normalized spacial score (nSPS) is 11.3. The molecule has 27 heavy (non-hydrogen) atoms. The molecular formula is C17H19ClN2O6S. The molecule has 0 atom stereocenters. The number of halogens is 1.